The molecule has 6 rings (SSSR count). The van der Waals surface area contributed by atoms with Crippen LogP contribution in [0, 0.1) is 18.2 Å². The van der Waals surface area contributed by atoms with Crippen LogP contribution in [0.1, 0.15) is 40.2 Å². The van der Waals surface area contributed by atoms with Gasteiger partial charge in [0.15, 0.2) is 5.69 Å². The number of hydrogen-bond donors (Lipinski definition) is 1. The monoisotopic (exact) mass is 579 g/mol. The number of rotatable bonds is 9. The Morgan fingerprint density at radius 3 is 2.70 bits per heavy atom. The van der Waals surface area contributed by atoms with Gasteiger partial charge in [-0.05, 0) is 66.4 Å². The van der Waals surface area contributed by atoms with Gasteiger partial charge in [-0.25, -0.2) is 23.4 Å². The summed E-state index contributed by atoms with van der Waals surface area (Å²) in [4.78, 5) is 19.6. The van der Waals surface area contributed by atoms with Crippen LogP contribution in [0.25, 0.3) is 27.0 Å². The minimum absolute atomic E-state index is 0.00727. The second-order valence-corrected chi connectivity index (χ2v) is 10.5. The molecule has 1 atom stereocenters. The number of nitrogens with zero attached hydrogens (tertiary/aromatic N) is 3. The number of aromatic carboxylic acids is 1. The van der Waals surface area contributed by atoms with Gasteiger partial charge < -0.3 is 19.1 Å². The Balaban J connectivity index is 1.23. The molecular formula is C34H27F2N3O4. The lowest BCUT2D eigenvalue weighted by Crippen LogP contribution is -2.17. The molecule has 1 aromatic heterocycles. The Hall–Kier alpha value is -5.07. The number of carboxylic acids is 1. The minimum Gasteiger partial charge on any atom is -0.489 e. The van der Waals surface area contributed by atoms with Crippen molar-refractivity contribution in [1.82, 2.24) is 9.55 Å². The van der Waals surface area contributed by atoms with Crippen LogP contribution in [0.5, 0.6) is 5.75 Å². The molecule has 0 bridgehead atoms. The molecule has 0 spiro atoms. The van der Waals surface area contributed by atoms with E-state index in [1.807, 2.05) is 10.6 Å². The topological polar surface area (TPSA) is 77.9 Å². The van der Waals surface area contributed by atoms with Crippen LogP contribution in [-0.4, -0.2) is 33.3 Å². The van der Waals surface area contributed by atoms with Gasteiger partial charge in [-0.3, -0.25) is 0 Å². The molecule has 4 aromatic carbocycles. The summed E-state index contributed by atoms with van der Waals surface area (Å²) in [6.07, 6.45) is 2.24. The van der Waals surface area contributed by atoms with Crippen molar-refractivity contribution in [1.29, 1.82) is 0 Å². The fraction of sp³-hybridized carbons (Fsp3) is 0.206. The van der Waals surface area contributed by atoms with Gasteiger partial charge >= 0.3 is 5.97 Å². The minimum atomic E-state index is -1.01. The normalized spacial score (nSPS) is 14.6. The second-order valence-electron chi connectivity index (χ2n) is 10.5. The van der Waals surface area contributed by atoms with Crippen LogP contribution < -0.4 is 4.74 Å². The molecule has 5 aromatic rings. The first-order chi connectivity index (χ1) is 20.9. The van der Waals surface area contributed by atoms with E-state index in [2.05, 4.69) is 4.85 Å². The Kier molecular flexibility index (Phi) is 7.86. The number of aromatic nitrogens is 2. The maximum Gasteiger partial charge on any atom is 0.335 e. The van der Waals surface area contributed by atoms with Crippen molar-refractivity contribution in [3.8, 4) is 16.9 Å². The molecule has 216 valence electrons. The molecule has 0 amide bonds. The molecule has 0 saturated carbocycles. The third-order valence-corrected chi connectivity index (χ3v) is 7.59. The molecule has 1 unspecified atom stereocenters. The molecule has 9 heteroatoms. The number of carboxylic acid groups (broad SMARTS) is 1. The molecule has 0 radical (unpaired) electrons. The van der Waals surface area contributed by atoms with E-state index in [-0.39, 0.29) is 24.0 Å². The zero-order valence-electron chi connectivity index (χ0n) is 23.1. The zero-order chi connectivity index (χ0) is 29.9. The summed E-state index contributed by atoms with van der Waals surface area (Å²) in [6, 6.07) is 21.1. The van der Waals surface area contributed by atoms with Crippen LogP contribution in [-0.2, 0) is 24.3 Å². The average molecular weight is 580 g/mol. The van der Waals surface area contributed by atoms with Crippen LogP contribution in [0.3, 0.4) is 0 Å². The van der Waals surface area contributed by atoms with Gasteiger partial charge in [0.2, 0.25) is 0 Å². The van der Waals surface area contributed by atoms with Gasteiger partial charge in [0.05, 0.1) is 35.8 Å². The van der Waals surface area contributed by atoms with Gasteiger partial charge in [0.25, 0.3) is 0 Å². The van der Waals surface area contributed by atoms with Crippen molar-refractivity contribution in [2.75, 3.05) is 6.61 Å². The second kappa shape index (κ2) is 12.0. The molecule has 1 N–H and O–H groups in total. The number of imidazole rings is 1. The molecule has 7 nitrogen and oxygen atoms in total. The van der Waals surface area contributed by atoms with E-state index < -0.39 is 17.6 Å². The number of ether oxygens (including phenoxy) is 2. The third-order valence-electron chi connectivity index (χ3n) is 7.59. The first kappa shape index (κ1) is 28.1. The van der Waals surface area contributed by atoms with E-state index in [0.29, 0.717) is 64.4 Å². The summed E-state index contributed by atoms with van der Waals surface area (Å²) in [7, 11) is 0. The van der Waals surface area contributed by atoms with Crippen molar-refractivity contribution in [3.05, 3.63) is 124 Å². The molecule has 1 aliphatic heterocycles. The highest BCUT2D eigenvalue weighted by atomic mass is 19.1. The summed E-state index contributed by atoms with van der Waals surface area (Å²) >= 11 is 0. The van der Waals surface area contributed by atoms with Crippen molar-refractivity contribution in [2.45, 2.75) is 38.5 Å². The molecule has 1 aliphatic rings. The summed E-state index contributed by atoms with van der Waals surface area (Å²) in [5.41, 5.74) is 3.81. The predicted octanol–water partition coefficient (Wildman–Crippen LogP) is 7.58. The van der Waals surface area contributed by atoms with Crippen molar-refractivity contribution in [2.24, 2.45) is 0 Å². The molecule has 0 aliphatic carbocycles. The molecule has 1 saturated heterocycles. The average Bonchev–Trinajstić information content (AvgIpc) is 3.64. The Bertz CT molecular complexity index is 1870. The zero-order valence-corrected chi connectivity index (χ0v) is 23.1. The number of benzene rings is 4. The Labute approximate surface area is 246 Å². The fourth-order valence-corrected chi connectivity index (χ4v) is 5.36. The van der Waals surface area contributed by atoms with E-state index in [1.165, 1.54) is 30.3 Å². The summed E-state index contributed by atoms with van der Waals surface area (Å²) in [6.45, 7) is 8.20. The summed E-state index contributed by atoms with van der Waals surface area (Å²) in [5, 5.41) is 9.51. The maximum atomic E-state index is 15.5. The number of hydrogen-bond acceptors (Lipinski definition) is 4. The lowest BCUT2D eigenvalue weighted by Gasteiger charge is -2.15. The van der Waals surface area contributed by atoms with Crippen LogP contribution in [0.2, 0.25) is 0 Å². The van der Waals surface area contributed by atoms with Crippen molar-refractivity contribution < 1.29 is 28.2 Å². The van der Waals surface area contributed by atoms with E-state index in [9.17, 15) is 14.3 Å². The van der Waals surface area contributed by atoms with Gasteiger partial charge in [0, 0.05) is 24.2 Å². The lowest BCUT2D eigenvalue weighted by atomic mass is 10.0. The highest BCUT2D eigenvalue weighted by Gasteiger charge is 2.21. The lowest BCUT2D eigenvalue weighted by molar-refractivity contribution is 0.0697. The van der Waals surface area contributed by atoms with Gasteiger partial charge in [-0.2, -0.15) is 0 Å². The first-order valence-corrected chi connectivity index (χ1v) is 13.9. The smallest absolute Gasteiger partial charge is 0.335 e. The van der Waals surface area contributed by atoms with Crippen LogP contribution >= 0.6 is 0 Å². The van der Waals surface area contributed by atoms with Gasteiger partial charge in [-0.15, -0.1) is 0 Å². The highest BCUT2D eigenvalue weighted by Crippen LogP contribution is 2.29. The number of carbonyl (C=O) groups is 1. The van der Waals surface area contributed by atoms with Gasteiger partial charge in [-0.1, -0.05) is 36.4 Å². The van der Waals surface area contributed by atoms with E-state index in [1.54, 1.807) is 42.5 Å². The summed E-state index contributed by atoms with van der Waals surface area (Å²) in [5.74, 6) is -0.781. The molecule has 1 fully saturated rings. The molecular weight excluding hydrogens is 552 g/mol. The molecule has 43 heavy (non-hydrogen) atoms. The van der Waals surface area contributed by atoms with Crippen molar-refractivity contribution >= 4 is 22.7 Å². The standard InChI is InChI=1S/C34H27F2N3O4/c1-37-25-10-8-24(29(35)18-25)20-43-26-5-2-4-22(16-26)28-11-7-21(14-30(28)36)15-33-38-31-12-9-23(34(40)41)17-32(31)39(33)19-27-6-3-13-42-27/h2,4-5,7-12,14,16-18,27H,3,6,13,15,19-20H2,(H,40,41). The molecule has 2 heterocycles. The van der Waals surface area contributed by atoms with Crippen LogP contribution in [0.4, 0.5) is 14.5 Å². The third kappa shape index (κ3) is 6.10. The van der Waals surface area contributed by atoms with E-state index in [4.69, 9.17) is 21.0 Å². The van der Waals surface area contributed by atoms with Gasteiger partial charge in [0.1, 0.15) is 29.8 Å². The van der Waals surface area contributed by atoms with Crippen LogP contribution in [0.15, 0.2) is 78.9 Å². The number of halogens is 2. The Morgan fingerprint density at radius 1 is 1.07 bits per heavy atom. The predicted molar refractivity (Wildman–Crippen MR) is 157 cm³/mol. The highest BCUT2D eigenvalue weighted by molar-refractivity contribution is 5.92. The largest absolute Gasteiger partial charge is 0.489 e. The SMILES string of the molecule is [C-]#[N+]c1ccc(COc2cccc(-c3ccc(Cc4nc5ccc(C(=O)O)cc5n4CC4CCCO4)cc3F)c2)c(F)c1. The summed E-state index contributed by atoms with van der Waals surface area (Å²) < 4.78 is 43.4. The maximum absolute atomic E-state index is 15.5. The first-order valence-electron chi connectivity index (χ1n) is 13.9. The fourth-order valence-electron chi connectivity index (χ4n) is 5.36. The van der Waals surface area contributed by atoms with Crippen molar-refractivity contribution in [3.63, 3.8) is 0 Å². The number of fused-ring (bicyclic) bond motifs is 1. The van der Waals surface area contributed by atoms with E-state index in [0.717, 1.165) is 12.8 Å². The van der Waals surface area contributed by atoms with E-state index >= 15 is 4.39 Å². The quantitative estimate of drug-likeness (QED) is 0.182. The Morgan fingerprint density at radius 2 is 1.95 bits per heavy atom.